The molecule has 0 radical (unpaired) electrons. The fourth-order valence-corrected chi connectivity index (χ4v) is 0.896. The predicted octanol–water partition coefficient (Wildman–Crippen LogP) is 2.26. The minimum atomic E-state index is 0.159. The number of alkyl halides is 2. The van der Waals surface area contributed by atoms with E-state index < -0.39 is 0 Å². The van der Waals surface area contributed by atoms with Gasteiger partial charge < -0.3 is 0 Å². The first kappa shape index (κ1) is 7.15. The van der Waals surface area contributed by atoms with Gasteiger partial charge in [-0.25, -0.2) is 9.97 Å². The van der Waals surface area contributed by atoms with E-state index in [0.29, 0.717) is 0 Å². The van der Waals surface area contributed by atoms with Crippen LogP contribution in [0.4, 0.5) is 0 Å². The van der Waals surface area contributed by atoms with Crippen molar-refractivity contribution in [3.63, 3.8) is 0 Å². The van der Waals surface area contributed by atoms with Crippen molar-refractivity contribution in [1.29, 1.82) is 0 Å². The molecule has 0 spiro atoms. The van der Waals surface area contributed by atoms with Gasteiger partial charge in [0.1, 0.15) is 6.33 Å². The van der Waals surface area contributed by atoms with Gasteiger partial charge in [0, 0.05) is 18.0 Å². The molecule has 0 aliphatic carbocycles. The standard InChI is InChI=1S/C5H4Br2N2/c6-5(7)4-1-8-3-9-2-4/h1-3,5H. The van der Waals surface area contributed by atoms with E-state index in [2.05, 4.69) is 41.8 Å². The van der Waals surface area contributed by atoms with Crippen molar-refractivity contribution in [2.45, 2.75) is 3.74 Å². The highest BCUT2D eigenvalue weighted by molar-refractivity contribution is 9.24. The fraction of sp³-hybridized carbons (Fsp3) is 0.200. The topological polar surface area (TPSA) is 25.8 Å². The second-order valence-corrected chi connectivity index (χ2v) is 4.53. The summed E-state index contributed by atoms with van der Waals surface area (Å²) in [5, 5.41) is 0. The zero-order chi connectivity index (χ0) is 6.69. The molecule has 0 amide bonds. The maximum absolute atomic E-state index is 3.83. The van der Waals surface area contributed by atoms with Gasteiger partial charge in [-0.2, -0.15) is 0 Å². The maximum atomic E-state index is 3.83. The molecule has 0 atom stereocenters. The molecule has 4 heteroatoms. The molecule has 0 fully saturated rings. The highest BCUT2D eigenvalue weighted by atomic mass is 79.9. The van der Waals surface area contributed by atoms with Gasteiger partial charge in [-0.15, -0.1) is 0 Å². The molecule has 0 saturated carbocycles. The molecule has 9 heavy (non-hydrogen) atoms. The second kappa shape index (κ2) is 3.27. The quantitative estimate of drug-likeness (QED) is 0.716. The van der Waals surface area contributed by atoms with E-state index in [4.69, 9.17) is 0 Å². The van der Waals surface area contributed by atoms with E-state index in [9.17, 15) is 0 Å². The Morgan fingerprint density at radius 2 is 1.78 bits per heavy atom. The third-order valence-corrected chi connectivity index (χ3v) is 1.89. The van der Waals surface area contributed by atoms with Gasteiger partial charge >= 0.3 is 0 Å². The summed E-state index contributed by atoms with van der Waals surface area (Å²) in [6.45, 7) is 0. The van der Waals surface area contributed by atoms with E-state index in [-0.39, 0.29) is 3.74 Å². The summed E-state index contributed by atoms with van der Waals surface area (Å²) < 4.78 is 0.159. The minimum absolute atomic E-state index is 0.159. The van der Waals surface area contributed by atoms with Crippen molar-refractivity contribution in [1.82, 2.24) is 9.97 Å². The van der Waals surface area contributed by atoms with Gasteiger partial charge in [-0.3, -0.25) is 0 Å². The summed E-state index contributed by atoms with van der Waals surface area (Å²) in [5.74, 6) is 0. The summed E-state index contributed by atoms with van der Waals surface area (Å²) in [6, 6.07) is 0. The van der Waals surface area contributed by atoms with Crippen LogP contribution in [-0.2, 0) is 0 Å². The fourth-order valence-electron chi connectivity index (χ4n) is 0.423. The van der Waals surface area contributed by atoms with Gasteiger partial charge in [0.15, 0.2) is 0 Å². The van der Waals surface area contributed by atoms with Crippen molar-refractivity contribution in [3.8, 4) is 0 Å². The largest absolute Gasteiger partial charge is 0.244 e. The lowest BCUT2D eigenvalue weighted by Gasteiger charge is -1.96. The van der Waals surface area contributed by atoms with Crippen molar-refractivity contribution in [2.24, 2.45) is 0 Å². The number of halogens is 2. The Kier molecular flexibility index (Phi) is 2.60. The van der Waals surface area contributed by atoms with E-state index in [1.165, 1.54) is 6.33 Å². The molecule has 1 rings (SSSR count). The zero-order valence-corrected chi connectivity index (χ0v) is 7.63. The van der Waals surface area contributed by atoms with Crippen LogP contribution in [0.15, 0.2) is 18.7 Å². The summed E-state index contributed by atoms with van der Waals surface area (Å²) >= 11 is 6.64. The molecule has 0 aliphatic rings. The van der Waals surface area contributed by atoms with Crippen molar-refractivity contribution in [3.05, 3.63) is 24.3 Å². The van der Waals surface area contributed by atoms with Gasteiger partial charge in [0.05, 0.1) is 3.74 Å². The Morgan fingerprint density at radius 1 is 1.22 bits per heavy atom. The van der Waals surface area contributed by atoms with Crippen molar-refractivity contribution in [2.75, 3.05) is 0 Å². The van der Waals surface area contributed by atoms with E-state index in [1.54, 1.807) is 12.4 Å². The molecule has 1 aromatic heterocycles. The third kappa shape index (κ3) is 2.02. The zero-order valence-electron chi connectivity index (χ0n) is 4.46. The molecule has 1 aromatic rings. The lowest BCUT2D eigenvalue weighted by atomic mass is 10.4. The molecule has 1 heterocycles. The van der Waals surface area contributed by atoms with Crippen LogP contribution in [-0.4, -0.2) is 9.97 Å². The van der Waals surface area contributed by atoms with Crippen LogP contribution in [0.5, 0.6) is 0 Å². The van der Waals surface area contributed by atoms with Gasteiger partial charge in [-0.1, -0.05) is 31.9 Å². The monoisotopic (exact) mass is 250 g/mol. The Balaban J connectivity index is 2.85. The first-order valence-corrected chi connectivity index (χ1v) is 4.17. The van der Waals surface area contributed by atoms with E-state index >= 15 is 0 Å². The number of hydrogen-bond donors (Lipinski definition) is 0. The van der Waals surface area contributed by atoms with Crippen LogP contribution >= 0.6 is 31.9 Å². The first-order chi connectivity index (χ1) is 4.30. The number of rotatable bonds is 1. The lowest BCUT2D eigenvalue weighted by Crippen LogP contribution is -1.83. The van der Waals surface area contributed by atoms with Crippen molar-refractivity contribution < 1.29 is 0 Å². The smallest absolute Gasteiger partial charge is 0.115 e. The normalized spacial score (nSPS) is 10.1. The van der Waals surface area contributed by atoms with Crippen LogP contribution < -0.4 is 0 Å². The SMILES string of the molecule is BrC(Br)c1cncnc1. The molecule has 0 N–H and O–H groups in total. The number of nitrogens with zero attached hydrogens (tertiary/aromatic N) is 2. The van der Waals surface area contributed by atoms with Gasteiger partial charge in [0.2, 0.25) is 0 Å². The Morgan fingerprint density at radius 3 is 2.11 bits per heavy atom. The maximum Gasteiger partial charge on any atom is 0.115 e. The molecular weight excluding hydrogens is 248 g/mol. The molecule has 0 unspecified atom stereocenters. The molecule has 2 nitrogen and oxygen atoms in total. The van der Waals surface area contributed by atoms with E-state index in [0.717, 1.165) is 5.56 Å². The average molecular weight is 252 g/mol. The first-order valence-electron chi connectivity index (χ1n) is 2.34. The molecule has 48 valence electrons. The minimum Gasteiger partial charge on any atom is -0.244 e. The Labute approximate surface area is 70.0 Å². The molecule has 0 aliphatic heterocycles. The third-order valence-electron chi connectivity index (χ3n) is 0.833. The molecule has 0 saturated heterocycles. The van der Waals surface area contributed by atoms with Crippen LogP contribution in [0.2, 0.25) is 0 Å². The Hall–Kier alpha value is 0.0400. The molecule has 0 aromatic carbocycles. The highest BCUT2D eigenvalue weighted by Crippen LogP contribution is 2.27. The van der Waals surface area contributed by atoms with Gasteiger partial charge in [-0.05, 0) is 0 Å². The molecular formula is C5H4Br2N2. The van der Waals surface area contributed by atoms with Crippen LogP contribution in [0.1, 0.15) is 9.30 Å². The summed E-state index contributed by atoms with van der Waals surface area (Å²) in [7, 11) is 0. The van der Waals surface area contributed by atoms with Crippen LogP contribution in [0, 0.1) is 0 Å². The number of hydrogen-bond acceptors (Lipinski definition) is 2. The van der Waals surface area contributed by atoms with Crippen LogP contribution in [0.25, 0.3) is 0 Å². The Bertz CT molecular complexity index is 176. The summed E-state index contributed by atoms with van der Waals surface area (Å²) in [4.78, 5) is 7.67. The van der Waals surface area contributed by atoms with Crippen LogP contribution in [0.3, 0.4) is 0 Å². The lowest BCUT2D eigenvalue weighted by molar-refractivity contribution is 1.12. The predicted molar refractivity (Wildman–Crippen MR) is 42.6 cm³/mol. The average Bonchev–Trinajstić information content (AvgIpc) is 1.90. The number of aromatic nitrogens is 2. The highest BCUT2D eigenvalue weighted by Gasteiger charge is 1.99. The molecule has 0 bridgehead atoms. The van der Waals surface area contributed by atoms with E-state index in [1.807, 2.05) is 0 Å². The summed E-state index contributed by atoms with van der Waals surface area (Å²) in [5.41, 5.74) is 1.03. The van der Waals surface area contributed by atoms with Gasteiger partial charge in [0.25, 0.3) is 0 Å². The second-order valence-electron chi connectivity index (χ2n) is 1.47. The van der Waals surface area contributed by atoms with Crippen molar-refractivity contribution >= 4 is 31.9 Å². The summed E-state index contributed by atoms with van der Waals surface area (Å²) in [6.07, 6.45) is 5.01.